The molecule has 0 aliphatic heterocycles. The monoisotopic (exact) mass is 371 g/mol. The summed E-state index contributed by atoms with van der Waals surface area (Å²) >= 11 is 0. The molecule has 27 heavy (non-hydrogen) atoms. The molecule has 0 atom stereocenters. The molecule has 7 nitrogen and oxygen atoms in total. The van der Waals surface area contributed by atoms with Gasteiger partial charge in [-0.2, -0.15) is 0 Å². The first-order chi connectivity index (χ1) is 13.1. The minimum Gasteiger partial charge on any atom is -0.491 e. The van der Waals surface area contributed by atoms with Gasteiger partial charge in [-0.1, -0.05) is 6.07 Å². The molecule has 0 radical (unpaired) electrons. The van der Waals surface area contributed by atoms with Crippen LogP contribution >= 0.6 is 0 Å². The maximum Gasteiger partial charge on any atom is 0.251 e. The van der Waals surface area contributed by atoms with E-state index in [1.54, 1.807) is 43.5 Å². The summed E-state index contributed by atoms with van der Waals surface area (Å²) in [6.45, 7) is 3.50. The average molecular weight is 371 g/mol. The molecule has 0 fully saturated rings. The Balaban J connectivity index is 1.82. The Kier molecular flexibility index (Phi) is 8.12. The Bertz CT molecular complexity index is 747. The molecule has 2 rings (SSSR count). The van der Waals surface area contributed by atoms with Gasteiger partial charge >= 0.3 is 0 Å². The smallest absolute Gasteiger partial charge is 0.251 e. The number of anilines is 2. The molecule has 0 spiro atoms. The lowest BCUT2D eigenvalue weighted by Crippen LogP contribution is -2.23. The molecule has 2 aromatic rings. The molecule has 144 valence electrons. The van der Waals surface area contributed by atoms with Gasteiger partial charge in [0.2, 0.25) is 5.91 Å². The molecule has 2 aromatic carbocycles. The number of carbonyl (C=O) groups is 2. The number of benzene rings is 2. The van der Waals surface area contributed by atoms with Crippen LogP contribution < -0.4 is 20.7 Å². The van der Waals surface area contributed by atoms with Crippen molar-refractivity contribution in [2.75, 3.05) is 44.0 Å². The molecule has 7 heteroatoms. The van der Waals surface area contributed by atoms with Gasteiger partial charge in [0, 0.05) is 36.7 Å². The number of ether oxygens (including phenoxy) is 2. The fourth-order valence-corrected chi connectivity index (χ4v) is 2.30. The Morgan fingerprint density at radius 2 is 1.78 bits per heavy atom. The van der Waals surface area contributed by atoms with Crippen LogP contribution in [0.5, 0.6) is 5.75 Å². The Morgan fingerprint density at radius 3 is 2.48 bits per heavy atom. The van der Waals surface area contributed by atoms with Crippen LogP contribution in [0.15, 0.2) is 48.5 Å². The highest BCUT2D eigenvalue weighted by atomic mass is 16.5. The van der Waals surface area contributed by atoms with Gasteiger partial charge in [-0.3, -0.25) is 9.59 Å². The van der Waals surface area contributed by atoms with Crippen LogP contribution in [0.4, 0.5) is 11.4 Å². The normalized spacial score (nSPS) is 10.1. The molecule has 3 N–H and O–H groups in total. The lowest BCUT2D eigenvalue weighted by molar-refractivity contribution is -0.114. The maximum atomic E-state index is 12.1. The number of amides is 2. The molecule has 0 aliphatic rings. The molecular weight excluding hydrogens is 346 g/mol. The van der Waals surface area contributed by atoms with Crippen molar-refractivity contribution < 1.29 is 19.1 Å². The number of hydrogen-bond acceptors (Lipinski definition) is 5. The van der Waals surface area contributed by atoms with Crippen molar-refractivity contribution in [3.05, 3.63) is 54.1 Å². The highest BCUT2D eigenvalue weighted by Gasteiger charge is 2.06. The standard InChI is InChI=1S/C20H25N3O4/c1-3-21-20(25)15-7-9-16(10-8-15)22-14-19(24)23-17-5-4-6-18(13-17)27-12-11-26-2/h4-10,13,22H,3,11-12,14H2,1-2H3,(H,21,25)(H,23,24). The first-order valence-electron chi connectivity index (χ1n) is 8.76. The van der Waals surface area contributed by atoms with Gasteiger partial charge in [-0.15, -0.1) is 0 Å². The summed E-state index contributed by atoms with van der Waals surface area (Å²) in [6.07, 6.45) is 0. The molecule has 0 aromatic heterocycles. The van der Waals surface area contributed by atoms with E-state index in [2.05, 4.69) is 16.0 Å². The number of methoxy groups -OCH3 is 1. The van der Waals surface area contributed by atoms with Crippen molar-refractivity contribution in [2.24, 2.45) is 0 Å². The third kappa shape index (κ3) is 6.99. The van der Waals surface area contributed by atoms with Crippen LogP contribution in [-0.2, 0) is 9.53 Å². The second-order valence-corrected chi connectivity index (χ2v) is 5.71. The largest absolute Gasteiger partial charge is 0.491 e. The predicted octanol–water partition coefficient (Wildman–Crippen LogP) is 2.51. The molecule has 2 amide bonds. The van der Waals surface area contributed by atoms with Gasteiger partial charge in [0.15, 0.2) is 0 Å². The van der Waals surface area contributed by atoms with E-state index in [1.807, 2.05) is 19.1 Å². The van der Waals surface area contributed by atoms with E-state index < -0.39 is 0 Å². The van der Waals surface area contributed by atoms with Crippen LogP contribution in [0.25, 0.3) is 0 Å². The molecule has 0 heterocycles. The summed E-state index contributed by atoms with van der Waals surface area (Å²) in [5.41, 5.74) is 2.00. The third-order valence-corrected chi connectivity index (χ3v) is 3.61. The van der Waals surface area contributed by atoms with Gasteiger partial charge in [-0.05, 0) is 43.3 Å². The molecular formula is C20H25N3O4. The SMILES string of the molecule is CCNC(=O)c1ccc(NCC(=O)Nc2cccc(OCCOC)c2)cc1. The quantitative estimate of drug-likeness (QED) is 0.559. The lowest BCUT2D eigenvalue weighted by Gasteiger charge is -2.10. The van der Waals surface area contributed by atoms with E-state index in [4.69, 9.17) is 9.47 Å². The van der Waals surface area contributed by atoms with E-state index >= 15 is 0 Å². The fourth-order valence-electron chi connectivity index (χ4n) is 2.30. The summed E-state index contributed by atoms with van der Waals surface area (Å²) in [4.78, 5) is 23.8. The Morgan fingerprint density at radius 1 is 1.00 bits per heavy atom. The zero-order valence-electron chi connectivity index (χ0n) is 15.6. The number of nitrogens with one attached hydrogen (secondary N) is 3. The van der Waals surface area contributed by atoms with Gasteiger partial charge in [0.05, 0.1) is 13.2 Å². The van der Waals surface area contributed by atoms with Crippen molar-refractivity contribution in [1.82, 2.24) is 5.32 Å². The first kappa shape index (κ1) is 20.3. The minimum absolute atomic E-state index is 0.106. The zero-order chi connectivity index (χ0) is 19.5. The highest BCUT2D eigenvalue weighted by Crippen LogP contribution is 2.17. The van der Waals surface area contributed by atoms with Crippen LogP contribution in [0, 0.1) is 0 Å². The van der Waals surface area contributed by atoms with Crippen molar-refractivity contribution in [2.45, 2.75) is 6.92 Å². The zero-order valence-corrected chi connectivity index (χ0v) is 15.6. The second kappa shape index (κ2) is 10.8. The molecule has 0 unspecified atom stereocenters. The maximum absolute atomic E-state index is 12.1. The van der Waals surface area contributed by atoms with Gasteiger partial charge in [0.25, 0.3) is 5.91 Å². The molecule has 0 bridgehead atoms. The Hall–Kier alpha value is -3.06. The number of rotatable bonds is 10. The van der Waals surface area contributed by atoms with E-state index in [0.717, 1.165) is 5.69 Å². The second-order valence-electron chi connectivity index (χ2n) is 5.71. The summed E-state index contributed by atoms with van der Waals surface area (Å²) < 4.78 is 10.5. The van der Waals surface area contributed by atoms with Crippen LogP contribution in [0.2, 0.25) is 0 Å². The van der Waals surface area contributed by atoms with Crippen molar-refractivity contribution in [3.8, 4) is 5.75 Å². The summed E-state index contributed by atoms with van der Waals surface area (Å²) in [5, 5.41) is 8.58. The van der Waals surface area contributed by atoms with E-state index in [9.17, 15) is 9.59 Å². The summed E-state index contributed by atoms with van der Waals surface area (Å²) in [7, 11) is 1.61. The summed E-state index contributed by atoms with van der Waals surface area (Å²) in [5.74, 6) is 0.366. The van der Waals surface area contributed by atoms with Crippen LogP contribution in [0.3, 0.4) is 0 Å². The minimum atomic E-state index is -0.183. The van der Waals surface area contributed by atoms with E-state index in [1.165, 1.54) is 0 Å². The number of carbonyl (C=O) groups excluding carboxylic acids is 2. The van der Waals surface area contributed by atoms with Crippen LogP contribution in [-0.4, -0.2) is 45.2 Å². The number of hydrogen-bond donors (Lipinski definition) is 3. The fraction of sp³-hybridized carbons (Fsp3) is 0.300. The highest BCUT2D eigenvalue weighted by molar-refractivity contribution is 5.95. The molecule has 0 saturated heterocycles. The van der Waals surface area contributed by atoms with E-state index in [0.29, 0.717) is 36.8 Å². The van der Waals surface area contributed by atoms with Crippen molar-refractivity contribution >= 4 is 23.2 Å². The lowest BCUT2D eigenvalue weighted by atomic mass is 10.2. The topological polar surface area (TPSA) is 88.7 Å². The van der Waals surface area contributed by atoms with Gasteiger partial charge in [-0.25, -0.2) is 0 Å². The Labute approximate surface area is 159 Å². The third-order valence-electron chi connectivity index (χ3n) is 3.61. The van der Waals surface area contributed by atoms with Gasteiger partial charge in [0.1, 0.15) is 12.4 Å². The average Bonchev–Trinajstić information content (AvgIpc) is 2.67. The van der Waals surface area contributed by atoms with Crippen LogP contribution in [0.1, 0.15) is 17.3 Å². The first-order valence-corrected chi connectivity index (χ1v) is 8.76. The van der Waals surface area contributed by atoms with Crippen molar-refractivity contribution in [3.63, 3.8) is 0 Å². The van der Waals surface area contributed by atoms with E-state index in [-0.39, 0.29) is 18.4 Å². The van der Waals surface area contributed by atoms with Gasteiger partial charge < -0.3 is 25.4 Å². The molecule has 0 saturated carbocycles. The summed E-state index contributed by atoms with van der Waals surface area (Å²) in [6, 6.07) is 14.1. The molecule has 0 aliphatic carbocycles. The van der Waals surface area contributed by atoms with Crippen molar-refractivity contribution in [1.29, 1.82) is 0 Å². The predicted molar refractivity (Wildman–Crippen MR) is 105 cm³/mol.